The second-order valence-corrected chi connectivity index (χ2v) is 11.4. The molecule has 200 valence electrons. The molecule has 0 unspecified atom stereocenters. The maximum Gasteiger partial charge on any atom is 0.327 e. The molecular weight excluding hydrogens is 479 g/mol. The van der Waals surface area contributed by atoms with Crippen LogP contribution in [0, 0.1) is 5.41 Å². The van der Waals surface area contributed by atoms with E-state index in [2.05, 4.69) is 31.2 Å². The van der Waals surface area contributed by atoms with Gasteiger partial charge in [-0.1, -0.05) is 56.9 Å². The molecular formula is C28H41O7P. The summed E-state index contributed by atoms with van der Waals surface area (Å²) in [6, 6.07) is 16.5. The summed E-state index contributed by atoms with van der Waals surface area (Å²) in [5, 5.41) is 0. The molecule has 1 aliphatic heterocycles. The van der Waals surface area contributed by atoms with E-state index in [1.807, 2.05) is 24.3 Å². The lowest BCUT2D eigenvalue weighted by atomic mass is 9.84. The Morgan fingerprint density at radius 1 is 0.778 bits per heavy atom. The van der Waals surface area contributed by atoms with Crippen molar-refractivity contribution >= 4 is 7.60 Å². The maximum atomic E-state index is 10.7. The molecule has 1 fully saturated rings. The molecule has 36 heavy (non-hydrogen) atoms. The van der Waals surface area contributed by atoms with Crippen LogP contribution in [0.3, 0.4) is 0 Å². The van der Waals surface area contributed by atoms with Gasteiger partial charge in [0.1, 0.15) is 11.5 Å². The highest BCUT2D eigenvalue weighted by atomic mass is 31.2. The summed E-state index contributed by atoms with van der Waals surface area (Å²) >= 11 is 0. The first-order chi connectivity index (χ1) is 17.4. The number of ether oxygens (including phenoxy) is 4. The Bertz CT molecular complexity index is 914. The largest absolute Gasteiger partial charge is 0.494 e. The van der Waals surface area contributed by atoms with Crippen molar-refractivity contribution in [2.45, 2.75) is 51.9 Å². The molecule has 7 nitrogen and oxygen atoms in total. The zero-order chi connectivity index (χ0) is 25.7. The van der Waals surface area contributed by atoms with E-state index in [9.17, 15) is 4.57 Å². The molecule has 0 bridgehead atoms. The van der Waals surface area contributed by atoms with Crippen molar-refractivity contribution in [2.24, 2.45) is 5.41 Å². The first kappa shape index (κ1) is 28.7. The van der Waals surface area contributed by atoms with Gasteiger partial charge in [0.15, 0.2) is 0 Å². The van der Waals surface area contributed by atoms with Gasteiger partial charge in [0.2, 0.25) is 0 Å². The molecule has 0 spiro atoms. The van der Waals surface area contributed by atoms with Gasteiger partial charge in [-0.05, 0) is 54.7 Å². The van der Waals surface area contributed by atoms with Crippen LogP contribution in [0.4, 0.5) is 0 Å². The van der Waals surface area contributed by atoms with Crippen LogP contribution in [-0.2, 0) is 14.0 Å². The molecule has 2 N–H and O–H groups in total. The summed E-state index contributed by atoms with van der Waals surface area (Å²) in [6.07, 6.45) is 7.30. The highest BCUT2D eigenvalue weighted by Gasteiger charge is 2.37. The average molecular weight is 521 g/mol. The van der Waals surface area contributed by atoms with Gasteiger partial charge < -0.3 is 28.7 Å². The van der Waals surface area contributed by atoms with E-state index >= 15 is 0 Å². The predicted molar refractivity (Wildman–Crippen MR) is 142 cm³/mol. The summed E-state index contributed by atoms with van der Waals surface area (Å²) < 4.78 is 33.2. The Morgan fingerprint density at radius 3 is 1.81 bits per heavy atom. The van der Waals surface area contributed by atoms with Crippen LogP contribution < -0.4 is 9.47 Å². The molecule has 0 saturated carbocycles. The Balaban J connectivity index is 1.24. The third-order valence-corrected chi connectivity index (χ3v) is 7.40. The zero-order valence-electron chi connectivity index (χ0n) is 21.4. The predicted octanol–water partition coefficient (Wildman–Crippen LogP) is 6.07. The van der Waals surface area contributed by atoms with E-state index in [0.717, 1.165) is 80.8 Å². The van der Waals surface area contributed by atoms with Gasteiger partial charge in [-0.15, -0.1) is 0 Å². The minimum Gasteiger partial charge on any atom is -0.494 e. The second kappa shape index (κ2) is 14.7. The smallest absolute Gasteiger partial charge is 0.327 e. The molecule has 3 rings (SSSR count). The molecule has 1 aliphatic rings. The lowest BCUT2D eigenvalue weighted by molar-refractivity contribution is -0.133. The van der Waals surface area contributed by atoms with E-state index in [1.165, 1.54) is 0 Å². The van der Waals surface area contributed by atoms with Crippen LogP contribution in [0.5, 0.6) is 11.5 Å². The van der Waals surface area contributed by atoms with E-state index in [4.69, 9.17) is 28.7 Å². The van der Waals surface area contributed by atoms with Crippen LogP contribution in [-0.4, -0.2) is 55.6 Å². The molecule has 2 aromatic carbocycles. The molecule has 0 amide bonds. The molecule has 2 aromatic rings. The third-order valence-electron chi connectivity index (χ3n) is 6.63. The van der Waals surface area contributed by atoms with E-state index in [-0.39, 0.29) is 18.2 Å². The van der Waals surface area contributed by atoms with Crippen LogP contribution in [0.1, 0.15) is 51.9 Å². The standard InChI is InChI=1S/C28H41O7P/c1-2-28(21-33-22-28)23-35-27-15-11-25(12-16-27)24-9-13-26(14-10-24)34-18-8-6-4-3-5-7-17-32-19-20-36(29,30)31/h9-16H,2-8,17-23H2,1H3,(H2,29,30,31). The van der Waals surface area contributed by atoms with Gasteiger partial charge >= 0.3 is 7.60 Å². The summed E-state index contributed by atoms with van der Waals surface area (Å²) in [5.41, 5.74) is 2.49. The third kappa shape index (κ3) is 10.2. The zero-order valence-corrected chi connectivity index (χ0v) is 22.3. The lowest BCUT2D eigenvalue weighted by Gasteiger charge is -2.40. The molecule has 1 saturated heterocycles. The van der Waals surface area contributed by atoms with Gasteiger partial charge in [0, 0.05) is 6.61 Å². The van der Waals surface area contributed by atoms with Crippen molar-refractivity contribution in [3.8, 4) is 22.6 Å². The summed E-state index contributed by atoms with van der Waals surface area (Å²) in [4.78, 5) is 17.5. The molecule has 0 aliphatic carbocycles. The minimum absolute atomic E-state index is 0.125. The van der Waals surface area contributed by atoms with Crippen LogP contribution >= 0.6 is 7.60 Å². The number of benzene rings is 2. The number of hydrogen-bond acceptors (Lipinski definition) is 5. The minimum atomic E-state index is -3.93. The molecule has 0 aromatic heterocycles. The average Bonchev–Trinajstić information content (AvgIpc) is 2.84. The van der Waals surface area contributed by atoms with Crippen molar-refractivity contribution in [3.63, 3.8) is 0 Å². The molecule has 0 atom stereocenters. The summed E-state index contributed by atoms with van der Waals surface area (Å²) in [6.45, 7) is 5.87. The maximum absolute atomic E-state index is 10.7. The fourth-order valence-corrected chi connectivity index (χ4v) is 4.36. The van der Waals surface area contributed by atoms with Crippen molar-refractivity contribution in [3.05, 3.63) is 48.5 Å². The van der Waals surface area contributed by atoms with Gasteiger partial charge in [0.25, 0.3) is 0 Å². The van der Waals surface area contributed by atoms with Gasteiger partial charge in [-0.25, -0.2) is 0 Å². The highest BCUT2D eigenvalue weighted by Crippen LogP contribution is 2.33. The van der Waals surface area contributed by atoms with Crippen molar-refractivity contribution in [1.29, 1.82) is 0 Å². The Labute approximate surface area is 215 Å². The van der Waals surface area contributed by atoms with E-state index in [0.29, 0.717) is 19.8 Å². The summed E-state index contributed by atoms with van der Waals surface area (Å²) in [5.74, 6) is 1.78. The number of hydrogen-bond donors (Lipinski definition) is 2. The van der Waals surface area contributed by atoms with Crippen LogP contribution in [0.25, 0.3) is 11.1 Å². The topological polar surface area (TPSA) is 94.5 Å². The van der Waals surface area contributed by atoms with Crippen molar-refractivity contribution < 1.29 is 33.3 Å². The van der Waals surface area contributed by atoms with Gasteiger partial charge in [-0.2, -0.15) is 0 Å². The first-order valence-corrected chi connectivity index (χ1v) is 14.9. The van der Waals surface area contributed by atoms with E-state index in [1.54, 1.807) is 0 Å². The quantitative estimate of drug-likeness (QED) is 0.182. The fourth-order valence-electron chi connectivity index (χ4n) is 3.99. The van der Waals surface area contributed by atoms with Crippen LogP contribution in [0.2, 0.25) is 0 Å². The fraction of sp³-hybridized carbons (Fsp3) is 0.571. The van der Waals surface area contributed by atoms with Gasteiger partial charge in [-0.3, -0.25) is 4.57 Å². The van der Waals surface area contributed by atoms with Crippen LogP contribution in [0.15, 0.2) is 48.5 Å². The van der Waals surface area contributed by atoms with Crippen molar-refractivity contribution in [1.82, 2.24) is 0 Å². The normalized spacial score (nSPS) is 14.9. The molecule has 1 heterocycles. The van der Waals surface area contributed by atoms with E-state index < -0.39 is 7.60 Å². The Morgan fingerprint density at radius 2 is 1.31 bits per heavy atom. The Kier molecular flexibility index (Phi) is 11.7. The Hall–Kier alpha value is -1.89. The first-order valence-electron chi connectivity index (χ1n) is 13.1. The van der Waals surface area contributed by atoms with Gasteiger partial charge in [0.05, 0.1) is 44.6 Å². The highest BCUT2D eigenvalue weighted by molar-refractivity contribution is 7.51. The molecule has 0 radical (unpaired) electrons. The molecule has 8 heteroatoms. The number of unbranched alkanes of at least 4 members (excludes halogenated alkanes) is 5. The monoisotopic (exact) mass is 520 g/mol. The van der Waals surface area contributed by atoms with Crippen molar-refractivity contribution in [2.75, 3.05) is 45.8 Å². The summed E-state index contributed by atoms with van der Waals surface area (Å²) in [7, 11) is -3.93. The second-order valence-electron chi connectivity index (χ2n) is 9.65. The lowest BCUT2D eigenvalue weighted by Crippen LogP contribution is -2.46. The number of rotatable bonds is 18. The SMILES string of the molecule is CCC1(COc2ccc(-c3ccc(OCCCCCCCCOCCP(=O)(O)O)cc3)cc2)COC1.